The fourth-order valence-corrected chi connectivity index (χ4v) is 6.81. The average Bonchev–Trinajstić information content (AvgIpc) is 3.27. The smallest absolute Gasteiger partial charge is 0.306 e. The molecule has 0 saturated heterocycles. The standard InChI is InChI=1S/C56H94O6/c1-4-7-10-13-16-19-22-24-26-28-30-31-34-37-40-43-46-49-55(58)61-52-53(51-60-54(57)48-45-42-39-36-33-21-18-15-12-9-6-3)62-56(59)50-47-44-41-38-35-32-29-27-25-23-20-17-14-11-8-5-2/h9,12,16,18-19,21,24,26,30-31,36-37,39-40,53H,4-8,10-11,13-15,17,20,22-23,25,27-29,32-35,38,41-52H2,1-3H3/b12-9-,19-16-,21-18-,26-24-,31-30-,39-36-,40-37-. The van der Waals surface area contributed by atoms with Gasteiger partial charge >= 0.3 is 17.9 Å². The van der Waals surface area contributed by atoms with Crippen LogP contribution >= 0.6 is 0 Å². The summed E-state index contributed by atoms with van der Waals surface area (Å²) in [7, 11) is 0. The molecular formula is C56H94O6. The number of hydrogen-bond donors (Lipinski definition) is 0. The van der Waals surface area contributed by atoms with Crippen LogP contribution in [0.15, 0.2) is 85.1 Å². The van der Waals surface area contributed by atoms with E-state index >= 15 is 0 Å². The molecule has 0 aliphatic carbocycles. The lowest BCUT2D eigenvalue weighted by atomic mass is 10.0. The first-order chi connectivity index (χ1) is 30.5. The second-order valence-electron chi connectivity index (χ2n) is 16.7. The van der Waals surface area contributed by atoms with Gasteiger partial charge in [0.15, 0.2) is 6.10 Å². The number of ether oxygens (including phenoxy) is 3. The van der Waals surface area contributed by atoms with Crippen molar-refractivity contribution in [3.63, 3.8) is 0 Å². The third kappa shape index (κ3) is 47.6. The van der Waals surface area contributed by atoms with Crippen LogP contribution in [0.1, 0.15) is 233 Å². The molecule has 0 heterocycles. The fraction of sp³-hybridized carbons (Fsp3) is 0.696. The Hall–Kier alpha value is -3.41. The van der Waals surface area contributed by atoms with Crippen LogP contribution in [0.5, 0.6) is 0 Å². The Morgan fingerprint density at radius 1 is 0.339 bits per heavy atom. The molecule has 0 amide bonds. The van der Waals surface area contributed by atoms with E-state index in [-0.39, 0.29) is 44.0 Å². The molecule has 0 spiro atoms. The van der Waals surface area contributed by atoms with Crippen molar-refractivity contribution >= 4 is 17.9 Å². The summed E-state index contributed by atoms with van der Waals surface area (Å²) >= 11 is 0. The zero-order valence-electron chi connectivity index (χ0n) is 40.4. The molecular weight excluding hydrogens is 769 g/mol. The molecule has 0 aromatic carbocycles. The van der Waals surface area contributed by atoms with Crippen molar-refractivity contribution < 1.29 is 28.6 Å². The van der Waals surface area contributed by atoms with Crippen LogP contribution in [-0.2, 0) is 28.6 Å². The minimum Gasteiger partial charge on any atom is -0.462 e. The molecule has 0 aromatic heterocycles. The molecule has 354 valence electrons. The number of allylic oxidation sites excluding steroid dienone is 14. The summed E-state index contributed by atoms with van der Waals surface area (Å²) < 4.78 is 16.7. The lowest BCUT2D eigenvalue weighted by Crippen LogP contribution is -2.30. The van der Waals surface area contributed by atoms with Crippen molar-refractivity contribution in [3.8, 4) is 0 Å². The van der Waals surface area contributed by atoms with Crippen molar-refractivity contribution in [2.24, 2.45) is 0 Å². The maximum atomic E-state index is 12.8. The van der Waals surface area contributed by atoms with E-state index in [9.17, 15) is 14.4 Å². The van der Waals surface area contributed by atoms with E-state index in [4.69, 9.17) is 14.2 Å². The number of unbranched alkanes of at least 4 members (excludes halogenated alkanes) is 20. The molecule has 6 nitrogen and oxygen atoms in total. The van der Waals surface area contributed by atoms with Crippen LogP contribution in [0.2, 0.25) is 0 Å². The van der Waals surface area contributed by atoms with Gasteiger partial charge in [-0.25, -0.2) is 0 Å². The van der Waals surface area contributed by atoms with Crippen molar-refractivity contribution in [1.29, 1.82) is 0 Å². The molecule has 0 aromatic rings. The molecule has 0 fully saturated rings. The zero-order valence-corrected chi connectivity index (χ0v) is 40.4. The Kier molecular flexibility index (Phi) is 47.5. The predicted molar refractivity (Wildman–Crippen MR) is 265 cm³/mol. The van der Waals surface area contributed by atoms with Crippen molar-refractivity contribution in [1.82, 2.24) is 0 Å². The highest BCUT2D eigenvalue weighted by atomic mass is 16.6. The summed E-state index contributed by atoms with van der Waals surface area (Å²) in [6.07, 6.45) is 64.4. The summed E-state index contributed by atoms with van der Waals surface area (Å²) in [5, 5.41) is 0. The van der Waals surface area contributed by atoms with E-state index in [1.165, 1.54) is 109 Å². The Morgan fingerprint density at radius 2 is 0.645 bits per heavy atom. The van der Waals surface area contributed by atoms with Gasteiger partial charge < -0.3 is 14.2 Å². The molecule has 1 atom stereocenters. The van der Waals surface area contributed by atoms with Crippen LogP contribution in [-0.4, -0.2) is 37.2 Å². The second-order valence-corrected chi connectivity index (χ2v) is 16.7. The van der Waals surface area contributed by atoms with Gasteiger partial charge in [-0.3, -0.25) is 14.4 Å². The Morgan fingerprint density at radius 3 is 1.03 bits per heavy atom. The topological polar surface area (TPSA) is 78.9 Å². The molecule has 0 radical (unpaired) electrons. The van der Waals surface area contributed by atoms with E-state index in [0.717, 1.165) is 70.6 Å². The predicted octanol–water partition coefficient (Wildman–Crippen LogP) is 16.8. The van der Waals surface area contributed by atoms with Crippen LogP contribution in [0, 0.1) is 0 Å². The first kappa shape index (κ1) is 58.6. The summed E-state index contributed by atoms with van der Waals surface area (Å²) in [6, 6.07) is 0. The van der Waals surface area contributed by atoms with E-state index in [1.54, 1.807) is 0 Å². The van der Waals surface area contributed by atoms with Crippen LogP contribution < -0.4 is 0 Å². The number of esters is 3. The summed E-state index contributed by atoms with van der Waals surface area (Å²) in [6.45, 7) is 6.40. The van der Waals surface area contributed by atoms with Crippen LogP contribution in [0.3, 0.4) is 0 Å². The van der Waals surface area contributed by atoms with Crippen molar-refractivity contribution in [3.05, 3.63) is 85.1 Å². The van der Waals surface area contributed by atoms with Gasteiger partial charge in [0.1, 0.15) is 13.2 Å². The lowest BCUT2D eigenvalue weighted by Gasteiger charge is -2.18. The third-order valence-corrected chi connectivity index (χ3v) is 10.6. The molecule has 0 saturated carbocycles. The summed E-state index contributed by atoms with van der Waals surface area (Å²) in [4.78, 5) is 37.9. The number of carbonyl (C=O) groups excluding carboxylic acids is 3. The van der Waals surface area contributed by atoms with E-state index in [1.807, 2.05) is 0 Å². The largest absolute Gasteiger partial charge is 0.462 e. The van der Waals surface area contributed by atoms with Gasteiger partial charge in [0.2, 0.25) is 0 Å². The van der Waals surface area contributed by atoms with Crippen LogP contribution in [0.25, 0.3) is 0 Å². The highest BCUT2D eigenvalue weighted by molar-refractivity contribution is 5.71. The maximum Gasteiger partial charge on any atom is 0.306 e. The Bertz CT molecular complexity index is 1220. The molecule has 1 unspecified atom stereocenters. The van der Waals surface area contributed by atoms with Gasteiger partial charge in [-0.05, 0) is 83.5 Å². The number of carbonyl (C=O) groups is 3. The highest BCUT2D eigenvalue weighted by Crippen LogP contribution is 2.15. The van der Waals surface area contributed by atoms with Gasteiger partial charge in [0, 0.05) is 19.3 Å². The quantitative estimate of drug-likeness (QED) is 0.0263. The lowest BCUT2D eigenvalue weighted by molar-refractivity contribution is -0.167. The average molecular weight is 863 g/mol. The first-order valence-corrected chi connectivity index (χ1v) is 25.6. The van der Waals surface area contributed by atoms with Gasteiger partial charge in [-0.15, -0.1) is 0 Å². The maximum absolute atomic E-state index is 12.8. The summed E-state index contributed by atoms with van der Waals surface area (Å²) in [5.74, 6) is -1.02. The molecule has 0 aliphatic rings. The number of rotatable bonds is 45. The molecule has 62 heavy (non-hydrogen) atoms. The minimum atomic E-state index is -0.816. The first-order valence-electron chi connectivity index (χ1n) is 25.6. The third-order valence-electron chi connectivity index (χ3n) is 10.6. The second kappa shape index (κ2) is 50.2. The zero-order chi connectivity index (χ0) is 45.1. The van der Waals surface area contributed by atoms with E-state index in [0.29, 0.717) is 19.3 Å². The van der Waals surface area contributed by atoms with Gasteiger partial charge in [-0.1, -0.05) is 215 Å². The van der Waals surface area contributed by atoms with E-state index < -0.39 is 6.10 Å². The van der Waals surface area contributed by atoms with Gasteiger partial charge in [0.05, 0.1) is 0 Å². The fourth-order valence-electron chi connectivity index (χ4n) is 6.81. The van der Waals surface area contributed by atoms with Gasteiger partial charge in [0.25, 0.3) is 0 Å². The normalized spacial score (nSPS) is 12.8. The van der Waals surface area contributed by atoms with Crippen LogP contribution in [0.4, 0.5) is 0 Å². The SMILES string of the molecule is CC/C=C\C/C=C\C/C=C\CCCC(=O)OCC(COC(=O)CCC/C=C\C/C=C\C/C=C\C/C=C\CCCCC)OC(=O)CCCCCCCCCCCCCCCCCC. The molecule has 6 heteroatoms. The number of hydrogen-bond acceptors (Lipinski definition) is 6. The molecule has 0 rings (SSSR count). The monoisotopic (exact) mass is 863 g/mol. The molecule has 0 N–H and O–H groups in total. The Labute approximate surface area is 382 Å². The molecule has 0 bridgehead atoms. The van der Waals surface area contributed by atoms with E-state index in [2.05, 4.69) is 106 Å². The van der Waals surface area contributed by atoms with Gasteiger partial charge in [-0.2, -0.15) is 0 Å². The molecule has 0 aliphatic heterocycles. The van der Waals surface area contributed by atoms with Crippen molar-refractivity contribution in [2.45, 2.75) is 239 Å². The Balaban J connectivity index is 4.49. The van der Waals surface area contributed by atoms with Crippen molar-refractivity contribution in [2.75, 3.05) is 13.2 Å². The highest BCUT2D eigenvalue weighted by Gasteiger charge is 2.19. The summed E-state index contributed by atoms with van der Waals surface area (Å²) in [5.41, 5.74) is 0. The minimum absolute atomic E-state index is 0.119.